The number of amides is 2. The van der Waals surface area contributed by atoms with Crippen molar-refractivity contribution in [3.05, 3.63) is 22.3 Å². The number of halogens is 1. The second kappa shape index (κ2) is 13.6. The maximum atomic E-state index is 12.2. The summed E-state index contributed by atoms with van der Waals surface area (Å²) in [5.74, 6) is -0.112. The van der Waals surface area contributed by atoms with Gasteiger partial charge in [-0.1, -0.05) is 51.9 Å². The van der Waals surface area contributed by atoms with Crippen LogP contribution in [0.3, 0.4) is 0 Å². The van der Waals surface area contributed by atoms with E-state index in [-0.39, 0.29) is 6.03 Å². The molecule has 6 nitrogen and oxygen atoms in total. The Morgan fingerprint density at radius 3 is 2.38 bits per heavy atom. The van der Waals surface area contributed by atoms with Crippen LogP contribution in [-0.4, -0.2) is 30.1 Å². The predicted octanol–water partition coefficient (Wildman–Crippen LogP) is 5.28. The number of carbonyl (C=O) groups is 2. The number of unbranched alkanes of at least 4 members (excludes halogenated alkanes) is 7. The summed E-state index contributed by atoms with van der Waals surface area (Å²) in [5.41, 5.74) is 0.353. The lowest BCUT2D eigenvalue weighted by atomic mass is 10.1. The van der Waals surface area contributed by atoms with E-state index < -0.39 is 5.97 Å². The minimum absolute atomic E-state index is 0.304. The summed E-state index contributed by atoms with van der Waals surface area (Å²) in [6.45, 7) is 4.95. The Morgan fingerprint density at radius 1 is 1.08 bits per heavy atom. The number of pyridine rings is 1. The monoisotopic (exact) mass is 427 g/mol. The smallest absolute Gasteiger partial charge is 0.339 e. The number of carbonyl (C=O) groups excluding carboxylic acids is 2. The van der Waals surface area contributed by atoms with Crippen LogP contribution in [0.5, 0.6) is 0 Å². The average Bonchev–Trinajstić information content (AvgIpc) is 2.62. The molecule has 7 heteroatoms. The summed E-state index contributed by atoms with van der Waals surface area (Å²) in [5, 5.41) is 5.19. The third kappa shape index (κ3) is 9.17. The van der Waals surface area contributed by atoms with Crippen LogP contribution in [0.2, 0.25) is 0 Å². The number of nitrogens with one attached hydrogen (secondary N) is 2. The lowest BCUT2D eigenvalue weighted by Crippen LogP contribution is -2.28. The first-order chi connectivity index (χ1) is 12.6. The highest BCUT2D eigenvalue weighted by atomic mass is 79.9. The fourth-order valence-electron chi connectivity index (χ4n) is 2.46. The van der Waals surface area contributed by atoms with Crippen LogP contribution in [0.1, 0.15) is 75.6 Å². The van der Waals surface area contributed by atoms with Gasteiger partial charge in [-0.25, -0.2) is 14.6 Å². The highest BCUT2D eigenvalue weighted by Crippen LogP contribution is 2.20. The number of hydrogen-bond donors (Lipinski definition) is 2. The largest absolute Gasteiger partial charge is 0.462 e. The van der Waals surface area contributed by atoms with Crippen molar-refractivity contribution in [3.8, 4) is 0 Å². The van der Waals surface area contributed by atoms with Crippen molar-refractivity contribution in [3.63, 3.8) is 0 Å². The number of urea groups is 1. The van der Waals surface area contributed by atoms with Crippen molar-refractivity contribution in [1.29, 1.82) is 0 Å². The topological polar surface area (TPSA) is 80.3 Å². The molecule has 2 amide bonds. The van der Waals surface area contributed by atoms with E-state index in [0.29, 0.717) is 29.0 Å². The van der Waals surface area contributed by atoms with Crippen LogP contribution in [0.25, 0.3) is 0 Å². The molecule has 0 aliphatic heterocycles. The molecule has 0 atom stereocenters. The summed E-state index contributed by atoms with van der Waals surface area (Å²) in [6.07, 6.45) is 11.0. The van der Waals surface area contributed by atoms with E-state index in [4.69, 9.17) is 4.74 Å². The zero-order valence-electron chi connectivity index (χ0n) is 15.8. The summed E-state index contributed by atoms with van der Waals surface area (Å²) >= 11 is 3.30. The van der Waals surface area contributed by atoms with Crippen molar-refractivity contribution >= 4 is 33.7 Å². The van der Waals surface area contributed by atoms with Gasteiger partial charge in [0.05, 0.1) is 16.6 Å². The molecular weight excluding hydrogens is 398 g/mol. The fourth-order valence-corrected chi connectivity index (χ4v) is 2.84. The molecule has 0 aromatic carbocycles. The number of ether oxygens (including phenoxy) is 1. The van der Waals surface area contributed by atoms with E-state index in [1.54, 1.807) is 0 Å². The third-order valence-corrected chi connectivity index (χ3v) is 4.52. The van der Waals surface area contributed by atoms with Crippen molar-refractivity contribution in [1.82, 2.24) is 10.3 Å². The quantitative estimate of drug-likeness (QED) is 0.351. The highest BCUT2D eigenvalue weighted by molar-refractivity contribution is 9.10. The van der Waals surface area contributed by atoms with E-state index in [2.05, 4.69) is 38.5 Å². The van der Waals surface area contributed by atoms with Gasteiger partial charge in [0.2, 0.25) is 0 Å². The minimum atomic E-state index is -0.416. The van der Waals surface area contributed by atoms with Gasteiger partial charge in [-0.2, -0.15) is 0 Å². The standard InChI is InChI=1S/C19H30BrN3O3/c1-3-5-6-7-8-9-10-11-12-26-18(24)15-13-17(22-14-16(15)20)23-19(25)21-4-2/h13-14H,3-12H2,1-2H3,(H2,21,22,23,25). The molecule has 0 aliphatic carbocycles. The lowest BCUT2D eigenvalue weighted by molar-refractivity contribution is 0.0496. The van der Waals surface area contributed by atoms with Gasteiger partial charge in [-0.3, -0.25) is 5.32 Å². The second-order valence-corrected chi connectivity index (χ2v) is 7.00. The number of rotatable bonds is 12. The Hall–Kier alpha value is -1.63. The fraction of sp³-hybridized carbons (Fsp3) is 0.632. The van der Waals surface area contributed by atoms with Crippen molar-refractivity contribution in [2.24, 2.45) is 0 Å². The van der Waals surface area contributed by atoms with Crippen LogP contribution in [-0.2, 0) is 4.74 Å². The Kier molecular flexibility index (Phi) is 11.7. The summed E-state index contributed by atoms with van der Waals surface area (Å²) in [7, 11) is 0. The lowest BCUT2D eigenvalue weighted by Gasteiger charge is -2.09. The van der Waals surface area contributed by atoms with Crippen LogP contribution >= 0.6 is 15.9 Å². The Balaban J connectivity index is 2.34. The Labute approximate surface area is 164 Å². The minimum Gasteiger partial charge on any atom is -0.462 e. The molecule has 0 radical (unpaired) electrons. The normalized spacial score (nSPS) is 10.4. The van der Waals surface area contributed by atoms with E-state index >= 15 is 0 Å². The summed E-state index contributed by atoms with van der Waals surface area (Å²) in [6, 6.07) is 1.15. The molecule has 0 bridgehead atoms. The molecule has 146 valence electrons. The molecule has 0 saturated heterocycles. The third-order valence-electron chi connectivity index (χ3n) is 3.89. The first-order valence-corrected chi connectivity index (χ1v) is 10.2. The molecule has 1 aromatic heterocycles. The first-order valence-electron chi connectivity index (χ1n) is 9.46. The molecule has 0 fully saturated rings. The SMILES string of the molecule is CCCCCCCCCCOC(=O)c1cc(NC(=O)NCC)ncc1Br. The van der Waals surface area contributed by atoms with E-state index in [0.717, 1.165) is 12.8 Å². The van der Waals surface area contributed by atoms with Gasteiger partial charge < -0.3 is 10.1 Å². The first kappa shape index (κ1) is 22.4. The van der Waals surface area contributed by atoms with Gasteiger partial charge >= 0.3 is 12.0 Å². The maximum absolute atomic E-state index is 12.2. The van der Waals surface area contributed by atoms with Gasteiger partial charge in [0.15, 0.2) is 0 Å². The van der Waals surface area contributed by atoms with Crippen molar-refractivity contribution in [2.45, 2.75) is 65.2 Å². The van der Waals surface area contributed by atoms with Crippen LogP contribution in [0.15, 0.2) is 16.7 Å². The van der Waals surface area contributed by atoms with Crippen molar-refractivity contribution in [2.75, 3.05) is 18.5 Å². The zero-order valence-corrected chi connectivity index (χ0v) is 17.4. The van der Waals surface area contributed by atoms with E-state index in [9.17, 15) is 9.59 Å². The Morgan fingerprint density at radius 2 is 1.73 bits per heavy atom. The summed E-state index contributed by atoms with van der Waals surface area (Å²) < 4.78 is 5.88. The van der Waals surface area contributed by atoms with Gasteiger partial charge in [0.25, 0.3) is 0 Å². The molecule has 0 aliphatic rings. The van der Waals surface area contributed by atoms with E-state index in [1.165, 1.54) is 50.8 Å². The molecule has 1 heterocycles. The molecular formula is C19H30BrN3O3. The zero-order chi connectivity index (χ0) is 19.2. The van der Waals surface area contributed by atoms with Crippen molar-refractivity contribution < 1.29 is 14.3 Å². The molecule has 1 aromatic rings. The molecule has 0 unspecified atom stereocenters. The average molecular weight is 428 g/mol. The van der Waals surface area contributed by atoms with E-state index in [1.807, 2.05) is 6.92 Å². The van der Waals surface area contributed by atoms with Gasteiger partial charge in [-0.15, -0.1) is 0 Å². The molecule has 26 heavy (non-hydrogen) atoms. The molecule has 0 spiro atoms. The van der Waals surface area contributed by atoms with Crippen LogP contribution < -0.4 is 10.6 Å². The highest BCUT2D eigenvalue weighted by Gasteiger charge is 2.14. The molecule has 1 rings (SSSR count). The Bertz CT molecular complexity index is 567. The maximum Gasteiger partial charge on any atom is 0.339 e. The van der Waals surface area contributed by atoms with Crippen LogP contribution in [0.4, 0.5) is 10.6 Å². The second-order valence-electron chi connectivity index (χ2n) is 6.14. The number of esters is 1. The number of nitrogens with zero attached hydrogens (tertiary/aromatic N) is 1. The predicted molar refractivity (Wildman–Crippen MR) is 108 cm³/mol. The summed E-state index contributed by atoms with van der Waals surface area (Å²) in [4.78, 5) is 27.8. The van der Waals surface area contributed by atoms with Gasteiger partial charge in [0.1, 0.15) is 5.82 Å². The van der Waals surface area contributed by atoms with Gasteiger partial charge in [0, 0.05) is 12.7 Å². The molecule has 2 N–H and O–H groups in total. The number of hydrogen-bond acceptors (Lipinski definition) is 4. The van der Waals surface area contributed by atoms with Gasteiger partial charge in [-0.05, 0) is 35.3 Å². The number of aromatic nitrogens is 1. The molecule has 0 saturated carbocycles. The van der Waals surface area contributed by atoms with Crippen LogP contribution in [0, 0.1) is 0 Å². The number of anilines is 1.